The maximum Gasteiger partial charge on any atom is 0.269 e. The maximum atomic E-state index is 13.0. The van der Waals surface area contributed by atoms with E-state index < -0.39 is 4.87 Å². The second kappa shape index (κ2) is 4.88. The second-order valence-electron chi connectivity index (χ2n) is 5.24. The fourth-order valence-corrected chi connectivity index (χ4v) is 4.17. The van der Waals surface area contributed by atoms with E-state index in [1.807, 2.05) is 66.4 Å². The lowest BCUT2D eigenvalue weighted by Gasteiger charge is -2.21. The Balaban J connectivity index is 1.77. The molecule has 0 bridgehead atoms. The number of hydrogen-bond donors (Lipinski definition) is 1. The lowest BCUT2D eigenvalue weighted by Crippen LogP contribution is -2.44. The Hall–Kier alpha value is -2.27. The fourth-order valence-electron chi connectivity index (χ4n) is 2.97. The van der Waals surface area contributed by atoms with Crippen molar-refractivity contribution in [1.29, 1.82) is 0 Å². The molecular weight excluding hydrogens is 294 g/mol. The normalized spacial score (nSPS) is 22.7. The molecule has 2 aromatic carbocycles. The van der Waals surface area contributed by atoms with E-state index in [0.29, 0.717) is 6.54 Å². The SMILES string of the molecule is CCN1C(=O)[C@]2(NN=C(c3ccccc3)S2)c2ccccc21. The van der Waals surface area contributed by atoms with Crippen LogP contribution in [-0.4, -0.2) is 17.5 Å². The zero-order valence-electron chi connectivity index (χ0n) is 12.1. The molecule has 1 N–H and O–H groups in total. The minimum absolute atomic E-state index is 0.0517. The Labute approximate surface area is 133 Å². The van der Waals surface area contributed by atoms with Crippen molar-refractivity contribution in [2.45, 2.75) is 11.8 Å². The third kappa shape index (κ3) is 1.72. The molecule has 22 heavy (non-hydrogen) atoms. The molecule has 2 aromatic rings. The van der Waals surface area contributed by atoms with Crippen molar-refractivity contribution >= 4 is 28.4 Å². The zero-order chi connectivity index (χ0) is 15.2. The number of rotatable bonds is 2. The summed E-state index contributed by atoms with van der Waals surface area (Å²) in [6.07, 6.45) is 0. The first-order valence-electron chi connectivity index (χ1n) is 7.27. The molecule has 4 nitrogen and oxygen atoms in total. The summed E-state index contributed by atoms with van der Waals surface area (Å²) in [6, 6.07) is 17.9. The van der Waals surface area contributed by atoms with Crippen LogP contribution in [0, 0.1) is 0 Å². The van der Waals surface area contributed by atoms with Crippen LogP contribution in [0.15, 0.2) is 59.7 Å². The second-order valence-corrected chi connectivity index (χ2v) is 6.45. The molecule has 0 saturated heterocycles. The van der Waals surface area contributed by atoms with Gasteiger partial charge in [-0.1, -0.05) is 60.3 Å². The third-order valence-electron chi connectivity index (χ3n) is 4.02. The molecule has 2 heterocycles. The number of carbonyl (C=O) groups is 1. The quantitative estimate of drug-likeness (QED) is 0.928. The van der Waals surface area contributed by atoms with E-state index in [1.165, 1.54) is 11.8 Å². The van der Waals surface area contributed by atoms with E-state index in [9.17, 15) is 4.79 Å². The topological polar surface area (TPSA) is 44.7 Å². The first-order valence-corrected chi connectivity index (χ1v) is 8.08. The minimum Gasteiger partial charge on any atom is -0.309 e. The minimum atomic E-state index is -0.822. The number of hydrogen-bond acceptors (Lipinski definition) is 4. The van der Waals surface area contributed by atoms with Crippen LogP contribution in [-0.2, 0) is 9.67 Å². The molecule has 0 radical (unpaired) electrons. The number of benzene rings is 2. The highest BCUT2D eigenvalue weighted by Crippen LogP contribution is 2.50. The van der Waals surface area contributed by atoms with Crippen LogP contribution in [0.3, 0.4) is 0 Å². The number of nitrogens with one attached hydrogen (secondary N) is 1. The summed E-state index contributed by atoms with van der Waals surface area (Å²) >= 11 is 1.49. The molecule has 0 aliphatic carbocycles. The smallest absolute Gasteiger partial charge is 0.269 e. The van der Waals surface area contributed by atoms with Crippen molar-refractivity contribution in [3.05, 3.63) is 65.7 Å². The van der Waals surface area contributed by atoms with Gasteiger partial charge in [0, 0.05) is 17.7 Å². The molecule has 110 valence electrons. The van der Waals surface area contributed by atoms with Gasteiger partial charge in [0.15, 0.2) is 0 Å². The molecule has 0 saturated carbocycles. The van der Waals surface area contributed by atoms with Crippen LogP contribution < -0.4 is 10.3 Å². The number of amides is 1. The van der Waals surface area contributed by atoms with Gasteiger partial charge in [-0.2, -0.15) is 5.10 Å². The van der Waals surface area contributed by atoms with Crippen molar-refractivity contribution in [3.8, 4) is 0 Å². The summed E-state index contributed by atoms with van der Waals surface area (Å²) in [4.78, 5) is 14.0. The molecular formula is C17H15N3OS. The highest BCUT2D eigenvalue weighted by Gasteiger charge is 2.54. The number of para-hydroxylation sites is 1. The standard InChI is InChI=1S/C17H15N3OS/c1-2-20-14-11-7-6-10-13(14)17(16(20)21)19-18-15(22-17)12-8-4-3-5-9-12/h3-11,19H,2H2,1H3/t17-/m0/s1. The Bertz CT molecular complexity index is 774. The van der Waals surface area contributed by atoms with E-state index in [2.05, 4.69) is 10.5 Å². The molecule has 2 aliphatic heterocycles. The molecule has 0 fully saturated rings. The Morgan fingerprint density at radius 2 is 1.86 bits per heavy atom. The molecule has 1 spiro atoms. The van der Waals surface area contributed by atoms with Gasteiger partial charge < -0.3 is 4.90 Å². The number of carbonyl (C=O) groups excluding carboxylic acids is 1. The summed E-state index contributed by atoms with van der Waals surface area (Å²) in [7, 11) is 0. The van der Waals surface area contributed by atoms with Gasteiger partial charge in [-0.25, -0.2) is 0 Å². The van der Waals surface area contributed by atoms with Crippen LogP contribution >= 0.6 is 11.8 Å². The average Bonchev–Trinajstić information content (AvgIpc) is 3.11. The first kappa shape index (κ1) is 13.4. The van der Waals surface area contributed by atoms with Gasteiger partial charge in [-0.3, -0.25) is 10.2 Å². The van der Waals surface area contributed by atoms with Gasteiger partial charge in [0.05, 0.1) is 5.69 Å². The van der Waals surface area contributed by atoms with Gasteiger partial charge in [0.2, 0.25) is 4.87 Å². The highest BCUT2D eigenvalue weighted by atomic mass is 32.2. The van der Waals surface area contributed by atoms with Gasteiger partial charge in [-0.05, 0) is 13.0 Å². The van der Waals surface area contributed by atoms with Gasteiger partial charge in [0.25, 0.3) is 5.91 Å². The van der Waals surface area contributed by atoms with Crippen LogP contribution in [0.5, 0.6) is 0 Å². The molecule has 1 atom stereocenters. The van der Waals surface area contributed by atoms with E-state index in [-0.39, 0.29) is 5.91 Å². The van der Waals surface area contributed by atoms with E-state index in [1.54, 1.807) is 0 Å². The molecule has 5 heteroatoms. The predicted molar refractivity (Wildman–Crippen MR) is 89.9 cm³/mol. The van der Waals surface area contributed by atoms with Gasteiger partial charge >= 0.3 is 0 Å². The lowest BCUT2D eigenvalue weighted by atomic mass is 10.1. The largest absolute Gasteiger partial charge is 0.309 e. The lowest BCUT2D eigenvalue weighted by molar-refractivity contribution is -0.121. The van der Waals surface area contributed by atoms with E-state index >= 15 is 0 Å². The van der Waals surface area contributed by atoms with Gasteiger partial charge in [0.1, 0.15) is 5.04 Å². The molecule has 2 aliphatic rings. The molecule has 0 aromatic heterocycles. The van der Waals surface area contributed by atoms with Crippen LogP contribution in [0.4, 0.5) is 5.69 Å². The van der Waals surface area contributed by atoms with E-state index in [4.69, 9.17) is 0 Å². The van der Waals surface area contributed by atoms with Crippen molar-refractivity contribution in [1.82, 2.24) is 5.43 Å². The van der Waals surface area contributed by atoms with Crippen molar-refractivity contribution in [2.24, 2.45) is 5.10 Å². The number of thioether (sulfide) groups is 1. The van der Waals surface area contributed by atoms with Crippen LogP contribution in [0.1, 0.15) is 18.1 Å². The van der Waals surface area contributed by atoms with Crippen molar-refractivity contribution < 1.29 is 4.79 Å². The average molecular weight is 309 g/mol. The Morgan fingerprint density at radius 1 is 1.14 bits per heavy atom. The summed E-state index contributed by atoms with van der Waals surface area (Å²) in [5.74, 6) is 0.0517. The number of likely N-dealkylation sites (N-methyl/N-ethyl adjacent to an activating group) is 1. The summed E-state index contributed by atoms with van der Waals surface area (Å²) < 4.78 is 0. The number of nitrogens with zero attached hydrogens (tertiary/aromatic N) is 2. The maximum absolute atomic E-state index is 13.0. The Morgan fingerprint density at radius 3 is 2.64 bits per heavy atom. The molecule has 4 rings (SSSR count). The van der Waals surface area contributed by atoms with Crippen molar-refractivity contribution in [2.75, 3.05) is 11.4 Å². The van der Waals surface area contributed by atoms with Crippen LogP contribution in [0.2, 0.25) is 0 Å². The fraction of sp³-hybridized carbons (Fsp3) is 0.176. The Kier molecular flexibility index (Phi) is 2.97. The zero-order valence-corrected chi connectivity index (χ0v) is 12.9. The predicted octanol–water partition coefficient (Wildman–Crippen LogP) is 2.90. The summed E-state index contributed by atoms with van der Waals surface area (Å²) in [6.45, 7) is 2.65. The first-order chi connectivity index (χ1) is 10.8. The van der Waals surface area contributed by atoms with Crippen molar-refractivity contribution in [3.63, 3.8) is 0 Å². The molecule has 1 amide bonds. The van der Waals surface area contributed by atoms with E-state index in [0.717, 1.165) is 21.9 Å². The summed E-state index contributed by atoms with van der Waals surface area (Å²) in [5, 5.41) is 5.29. The number of fused-ring (bicyclic) bond motifs is 2. The third-order valence-corrected chi connectivity index (χ3v) is 5.33. The monoisotopic (exact) mass is 309 g/mol. The van der Waals surface area contributed by atoms with Gasteiger partial charge in [-0.15, -0.1) is 0 Å². The van der Waals surface area contributed by atoms with Crippen LogP contribution in [0.25, 0.3) is 0 Å². The number of hydrazone groups is 1. The molecule has 0 unspecified atom stereocenters. The summed E-state index contributed by atoms with van der Waals surface area (Å²) in [5.41, 5.74) is 6.09. The number of anilines is 1. The highest BCUT2D eigenvalue weighted by molar-refractivity contribution is 8.16.